The molecule has 1 heterocycles. The Bertz CT molecular complexity index is 1680. The number of rotatable bonds is 5. The molecule has 0 radical (unpaired) electrons. The van der Waals surface area contributed by atoms with Gasteiger partial charge in [0, 0.05) is 22.5 Å². The van der Waals surface area contributed by atoms with Crippen LogP contribution in [0.2, 0.25) is 5.02 Å². The van der Waals surface area contributed by atoms with Gasteiger partial charge in [0.1, 0.15) is 0 Å². The average molecular weight is 577 g/mol. The van der Waals surface area contributed by atoms with Crippen LogP contribution in [0, 0.1) is 18.8 Å². The van der Waals surface area contributed by atoms with E-state index in [9.17, 15) is 19.2 Å². The second kappa shape index (κ2) is 9.96. The normalized spacial score (nSPS) is 21.4. The predicted octanol–water partition coefficient (Wildman–Crippen LogP) is 5.84. The molecule has 1 aliphatic heterocycles. The number of nitrogens with zero attached hydrogens (tertiary/aromatic N) is 1. The summed E-state index contributed by atoms with van der Waals surface area (Å²) in [5.41, 5.74) is 6.28. The monoisotopic (exact) mass is 576 g/mol. The summed E-state index contributed by atoms with van der Waals surface area (Å²) < 4.78 is 5.19. The third-order valence-corrected chi connectivity index (χ3v) is 9.10. The second-order valence-electron chi connectivity index (χ2n) is 10.9. The van der Waals surface area contributed by atoms with Gasteiger partial charge in [-0.15, -0.1) is 0 Å². The van der Waals surface area contributed by atoms with Crippen LogP contribution in [0.25, 0.3) is 0 Å². The minimum Gasteiger partial charge on any atom is -0.452 e. The van der Waals surface area contributed by atoms with Crippen LogP contribution in [-0.4, -0.2) is 30.3 Å². The molecule has 0 aromatic heterocycles. The Balaban J connectivity index is 1.09. The van der Waals surface area contributed by atoms with Crippen LogP contribution in [0.15, 0.2) is 91.0 Å². The highest BCUT2D eigenvalue weighted by Crippen LogP contribution is 2.61. The van der Waals surface area contributed by atoms with Gasteiger partial charge in [0.25, 0.3) is 5.91 Å². The molecule has 1 saturated heterocycles. The highest BCUT2D eigenvalue weighted by atomic mass is 35.5. The molecule has 3 aliphatic carbocycles. The average Bonchev–Trinajstić information content (AvgIpc) is 3.28. The third-order valence-electron chi connectivity index (χ3n) is 8.69. The molecule has 4 aromatic carbocycles. The van der Waals surface area contributed by atoms with E-state index < -0.39 is 30.3 Å². The molecule has 4 aliphatic rings. The zero-order chi connectivity index (χ0) is 29.1. The maximum Gasteiger partial charge on any atom is 0.338 e. The van der Waals surface area contributed by atoms with Gasteiger partial charge < -0.3 is 10.1 Å². The number of nitrogens with one attached hydrogen (secondary N) is 1. The standard InChI is InChI=1S/C34H25ClN2O5/c1-18-25(35)11-6-12-26(18)36-27(38)17-42-34(41)19-13-15-20(16-14-19)37-32(39)30-28-21-7-2-3-8-22(21)29(31(30)33(37)40)24-10-5-4-9-23(24)28/h2-16,28-31H,17H2,1H3,(H,36,38)/t28?,29?,30-,31-/m0/s1. The van der Waals surface area contributed by atoms with Crippen molar-refractivity contribution in [3.8, 4) is 0 Å². The van der Waals surface area contributed by atoms with E-state index >= 15 is 0 Å². The molecule has 1 fully saturated rings. The summed E-state index contributed by atoms with van der Waals surface area (Å²) in [6.45, 7) is 1.29. The Labute approximate surface area is 247 Å². The van der Waals surface area contributed by atoms with Crippen molar-refractivity contribution in [2.75, 3.05) is 16.8 Å². The first kappa shape index (κ1) is 26.2. The van der Waals surface area contributed by atoms with Gasteiger partial charge >= 0.3 is 5.97 Å². The summed E-state index contributed by atoms with van der Waals surface area (Å²) >= 11 is 6.10. The number of anilines is 2. The lowest BCUT2D eigenvalue weighted by Crippen LogP contribution is -2.41. The molecule has 42 heavy (non-hydrogen) atoms. The first-order valence-electron chi connectivity index (χ1n) is 13.7. The van der Waals surface area contributed by atoms with Gasteiger partial charge in [-0.2, -0.15) is 0 Å². The number of hydrogen-bond acceptors (Lipinski definition) is 5. The fourth-order valence-corrected chi connectivity index (χ4v) is 7.00. The summed E-state index contributed by atoms with van der Waals surface area (Å²) in [5, 5.41) is 3.20. The first-order valence-corrected chi connectivity index (χ1v) is 14.1. The van der Waals surface area contributed by atoms with Crippen molar-refractivity contribution >= 4 is 46.7 Å². The molecular formula is C34H25ClN2O5. The zero-order valence-corrected chi connectivity index (χ0v) is 23.3. The molecule has 208 valence electrons. The minimum absolute atomic E-state index is 0.190. The third kappa shape index (κ3) is 3.96. The van der Waals surface area contributed by atoms with E-state index in [1.54, 1.807) is 37.3 Å². The topological polar surface area (TPSA) is 92.8 Å². The van der Waals surface area contributed by atoms with E-state index in [-0.39, 0.29) is 29.2 Å². The van der Waals surface area contributed by atoms with Gasteiger partial charge in [0.15, 0.2) is 6.61 Å². The fraction of sp³-hybridized carbons (Fsp3) is 0.176. The van der Waals surface area contributed by atoms with Gasteiger partial charge in [-0.05, 0) is 71.1 Å². The van der Waals surface area contributed by atoms with Crippen molar-refractivity contribution in [1.29, 1.82) is 0 Å². The van der Waals surface area contributed by atoms with Crippen molar-refractivity contribution in [2.45, 2.75) is 18.8 Å². The van der Waals surface area contributed by atoms with Crippen molar-refractivity contribution < 1.29 is 23.9 Å². The van der Waals surface area contributed by atoms with Crippen LogP contribution in [0.1, 0.15) is 50.0 Å². The molecule has 1 N–H and O–H groups in total. The Kier molecular flexibility index (Phi) is 6.21. The molecule has 2 bridgehead atoms. The number of carbonyl (C=O) groups excluding carboxylic acids is 4. The number of benzene rings is 4. The number of ether oxygens (including phenoxy) is 1. The second-order valence-corrected chi connectivity index (χ2v) is 11.3. The summed E-state index contributed by atoms with van der Waals surface area (Å²) in [6.07, 6.45) is 0. The molecule has 0 spiro atoms. The molecule has 2 atom stereocenters. The highest BCUT2D eigenvalue weighted by molar-refractivity contribution is 6.31. The Hall–Kier alpha value is -4.75. The molecule has 0 saturated carbocycles. The molecular weight excluding hydrogens is 552 g/mol. The van der Waals surface area contributed by atoms with Crippen molar-refractivity contribution in [3.05, 3.63) is 129 Å². The van der Waals surface area contributed by atoms with Gasteiger partial charge in [-0.25, -0.2) is 9.69 Å². The molecule has 7 nitrogen and oxygen atoms in total. The van der Waals surface area contributed by atoms with Crippen molar-refractivity contribution in [3.63, 3.8) is 0 Å². The molecule has 8 rings (SSSR count). The SMILES string of the molecule is Cc1c(Cl)cccc1NC(=O)COC(=O)c1ccc(N2C(=O)[C@H]3C4c5ccccc5C(c5ccccc54)[C@@H]3C2=O)cc1. The van der Waals surface area contributed by atoms with E-state index in [0.29, 0.717) is 22.0 Å². The van der Waals surface area contributed by atoms with Gasteiger partial charge in [-0.1, -0.05) is 66.2 Å². The maximum atomic E-state index is 13.9. The molecule has 3 amide bonds. The van der Waals surface area contributed by atoms with Crippen LogP contribution >= 0.6 is 11.6 Å². The van der Waals surface area contributed by atoms with E-state index in [1.165, 1.54) is 17.0 Å². The Morgan fingerprint density at radius 3 is 1.81 bits per heavy atom. The molecule has 8 heteroatoms. The number of hydrogen-bond donors (Lipinski definition) is 1. The lowest BCUT2D eigenvalue weighted by Gasteiger charge is -2.45. The van der Waals surface area contributed by atoms with Gasteiger partial charge in [0.05, 0.1) is 23.1 Å². The van der Waals surface area contributed by atoms with Crippen LogP contribution in [0.4, 0.5) is 11.4 Å². The van der Waals surface area contributed by atoms with E-state index in [2.05, 4.69) is 29.6 Å². The lowest BCUT2D eigenvalue weighted by atomic mass is 9.55. The van der Waals surface area contributed by atoms with E-state index in [1.807, 2.05) is 24.3 Å². The molecule has 0 unspecified atom stereocenters. The maximum absolute atomic E-state index is 13.9. The number of carbonyl (C=O) groups is 4. The Morgan fingerprint density at radius 2 is 1.29 bits per heavy atom. The first-order chi connectivity index (χ1) is 20.3. The van der Waals surface area contributed by atoms with Crippen LogP contribution < -0.4 is 10.2 Å². The number of amides is 3. The molecule has 4 aromatic rings. The predicted molar refractivity (Wildman–Crippen MR) is 158 cm³/mol. The fourth-order valence-electron chi connectivity index (χ4n) is 6.82. The largest absolute Gasteiger partial charge is 0.452 e. The van der Waals surface area contributed by atoms with Crippen LogP contribution in [0.5, 0.6) is 0 Å². The number of esters is 1. The number of imide groups is 1. The van der Waals surface area contributed by atoms with Gasteiger partial charge in [0.2, 0.25) is 11.8 Å². The quantitative estimate of drug-likeness (QED) is 0.238. The van der Waals surface area contributed by atoms with Crippen LogP contribution in [0.3, 0.4) is 0 Å². The lowest BCUT2D eigenvalue weighted by molar-refractivity contribution is -0.122. The summed E-state index contributed by atoms with van der Waals surface area (Å²) in [6, 6.07) is 27.5. The van der Waals surface area contributed by atoms with E-state index in [4.69, 9.17) is 16.3 Å². The number of halogens is 1. The van der Waals surface area contributed by atoms with E-state index in [0.717, 1.165) is 22.3 Å². The smallest absolute Gasteiger partial charge is 0.338 e. The summed E-state index contributed by atoms with van der Waals surface area (Å²) in [4.78, 5) is 54.1. The van der Waals surface area contributed by atoms with Gasteiger partial charge in [-0.3, -0.25) is 14.4 Å². The van der Waals surface area contributed by atoms with Crippen molar-refractivity contribution in [1.82, 2.24) is 0 Å². The highest BCUT2D eigenvalue weighted by Gasteiger charge is 2.61. The summed E-state index contributed by atoms with van der Waals surface area (Å²) in [7, 11) is 0. The Morgan fingerprint density at radius 1 is 0.762 bits per heavy atom. The summed E-state index contributed by atoms with van der Waals surface area (Å²) in [5.74, 6) is -3.01. The minimum atomic E-state index is -0.698. The zero-order valence-electron chi connectivity index (χ0n) is 22.5. The van der Waals surface area contributed by atoms with Crippen LogP contribution in [-0.2, 0) is 19.1 Å². The van der Waals surface area contributed by atoms with Crippen molar-refractivity contribution in [2.24, 2.45) is 11.8 Å².